The van der Waals surface area contributed by atoms with Gasteiger partial charge in [-0.15, -0.1) is 0 Å². The van der Waals surface area contributed by atoms with Crippen LogP contribution in [0.5, 0.6) is 0 Å². The van der Waals surface area contributed by atoms with Crippen LogP contribution in [-0.4, -0.2) is 26.9 Å². The Morgan fingerprint density at radius 3 is 2.12 bits per heavy atom. The molecule has 0 aliphatic carbocycles. The van der Waals surface area contributed by atoms with E-state index < -0.39 is 10.0 Å². The number of sulfonamides is 1. The summed E-state index contributed by atoms with van der Waals surface area (Å²) in [6.07, 6.45) is 1.25. The first-order chi connectivity index (χ1) is 7.71. The molecule has 1 aromatic carbocycles. The lowest BCUT2D eigenvalue weighted by atomic mass is 10.1. The van der Waals surface area contributed by atoms with E-state index in [-0.39, 0.29) is 5.54 Å². The Balaban J connectivity index is 2.55. The average molecular weight is 254 g/mol. The number of hydrogen-bond acceptors (Lipinski definition) is 3. The number of para-hydroxylation sites is 2. The molecule has 0 unspecified atom stereocenters. The first-order valence-electron chi connectivity index (χ1n) is 5.55. The summed E-state index contributed by atoms with van der Waals surface area (Å²) < 4.78 is 25.0. The monoisotopic (exact) mass is 254 g/mol. The van der Waals surface area contributed by atoms with Crippen molar-refractivity contribution in [1.82, 2.24) is 0 Å². The van der Waals surface area contributed by atoms with Gasteiger partial charge in [-0.3, -0.25) is 0 Å². The number of anilines is 2. The van der Waals surface area contributed by atoms with E-state index in [4.69, 9.17) is 0 Å². The third-order valence-electron chi connectivity index (χ3n) is 2.92. The number of hydrogen-bond donors (Lipinski definition) is 0. The third kappa shape index (κ3) is 2.11. The molecule has 0 N–H and O–H groups in total. The second-order valence-corrected chi connectivity index (χ2v) is 7.25. The summed E-state index contributed by atoms with van der Waals surface area (Å²) in [5, 5.41) is 0. The van der Waals surface area contributed by atoms with Crippen LogP contribution in [-0.2, 0) is 10.0 Å². The normalized spacial score (nSPS) is 16.2. The van der Waals surface area contributed by atoms with Gasteiger partial charge in [0.15, 0.2) is 0 Å². The van der Waals surface area contributed by atoms with E-state index in [0.29, 0.717) is 6.67 Å². The van der Waals surface area contributed by atoms with Crippen molar-refractivity contribution in [3.8, 4) is 0 Å². The Bertz CT molecular complexity index is 532. The summed E-state index contributed by atoms with van der Waals surface area (Å²) in [6.45, 7) is 6.63. The van der Waals surface area contributed by atoms with Gasteiger partial charge < -0.3 is 4.90 Å². The zero-order chi connectivity index (χ0) is 12.8. The van der Waals surface area contributed by atoms with E-state index >= 15 is 0 Å². The van der Waals surface area contributed by atoms with Gasteiger partial charge in [0.2, 0.25) is 10.0 Å². The minimum atomic E-state index is -3.22. The molecule has 1 aliphatic heterocycles. The Labute approximate surface area is 103 Å². The molecule has 1 aromatic rings. The molecule has 0 aromatic heterocycles. The van der Waals surface area contributed by atoms with Gasteiger partial charge in [0.1, 0.15) is 6.67 Å². The van der Waals surface area contributed by atoms with E-state index in [1.165, 1.54) is 10.6 Å². The van der Waals surface area contributed by atoms with Crippen LogP contribution in [0.4, 0.5) is 11.4 Å². The lowest BCUT2D eigenvalue weighted by molar-refractivity contribution is 0.517. The van der Waals surface area contributed by atoms with Crippen LogP contribution in [0.2, 0.25) is 0 Å². The Hall–Kier alpha value is -1.23. The maximum Gasteiger partial charge on any atom is 0.233 e. The molecule has 17 heavy (non-hydrogen) atoms. The molecule has 94 valence electrons. The van der Waals surface area contributed by atoms with Crippen LogP contribution in [0.15, 0.2) is 24.3 Å². The van der Waals surface area contributed by atoms with Gasteiger partial charge >= 0.3 is 0 Å². The zero-order valence-corrected chi connectivity index (χ0v) is 11.5. The van der Waals surface area contributed by atoms with Crippen molar-refractivity contribution >= 4 is 21.4 Å². The van der Waals surface area contributed by atoms with E-state index in [1.807, 2.05) is 24.3 Å². The van der Waals surface area contributed by atoms with E-state index in [9.17, 15) is 8.42 Å². The molecule has 0 amide bonds. The lowest BCUT2D eigenvalue weighted by Crippen LogP contribution is -2.44. The van der Waals surface area contributed by atoms with Gasteiger partial charge in [0.25, 0.3) is 0 Å². The minimum absolute atomic E-state index is 0.102. The quantitative estimate of drug-likeness (QED) is 0.770. The Morgan fingerprint density at radius 1 is 1.12 bits per heavy atom. The highest BCUT2D eigenvalue weighted by atomic mass is 32.2. The number of nitrogens with zero attached hydrogens (tertiary/aromatic N) is 2. The number of rotatable bonds is 1. The van der Waals surface area contributed by atoms with Crippen LogP contribution >= 0.6 is 0 Å². The van der Waals surface area contributed by atoms with Crippen molar-refractivity contribution in [2.45, 2.75) is 26.3 Å². The van der Waals surface area contributed by atoms with Crippen LogP contribution in [0, 0.1) is 0 Å². The fraction of sp³-hybridized carbons (Fsp3) is 0.500. The maximum atomic E-state index is 11.8. The van der Waals surface area contributed by atoms with E-state index in [1.54, 1.807) is 0 Å². The predicted octanol–water partition coefficient (Wildman–Crippen LogP) is 2.03. The van der Waals surface area contributed by atoms with Crippen molar-refractivity contribution in [3.05, 3.63) is 24.3 Å². The molecule has 0 atom stereocenters. The Morgan fingerprint density at radius 2 is 1.65 bits per heavy atom. The molecule has 0 saturated carbocycles. The molecule has 0 fully saturated rings. The predicted molar refractivity (Wildman–Crippen MR) is 70.9 cm³/mol. The van der Waals surface area contributed by atoms with E-state index in [2.05, 4.69) is 25.7 Å². The zero-order valence-electron chi connectivity index (χ0n) is 10.6. The van der Waals surface area contributed by atoms with Crippen molar-refractivity contribution in [3.63, 3.8) is 0 Å². The van der Waals surface area contributed by atoms with Crippen LogP contribution in [0.3, 0.4) is 0 Å². The van der Waals surface area contributed by atoms with Crippen molar-refractivity contribution in [2.24, 2.45) is 0 Å². The molecule has 0 bridgehead atoms. The fourth-order valence-corrected chi connectivity index (χ4v) is 2.88. The molecule has 5 heteroatoms. The fourth-order valence-electron chi connectivity index (χ4n) is 2.04. The summed E-state index contributed by atoms with van der Waals surface area (Å²) in [5.41, 5.74) is 1.64. The third-order valence-corrected chi connectivity index (χ3v) is 4.03. The highest BCUT2D eigenvalue weighted by Crippen LogP contribution is 2.40. The molecule has 0 spiro atoms. The molecular formula is C12H18N2O2S. The first kappa shape index (κ1) is 12.2. The summed E-state index contributed by atoms with van der Waals surface area (Å²) >= 11 is 0. The van der Waals surface area contributed by atoms with Crippen molar-refractivity contribution in [1.29, 1.82) is 0 Å². The summed E-state index contributed by atoms with van der Waals surface area (Å²) in [5.74, 6) is 0. The van der Waals surface area contributed by atoms with Gasteiger partial charge in [-0.1, -0.05) is 12.1 Å². The molecule has 2 rings (SSSR count). The Kier molecular flexibility index (Phi) is 2.61. The smallest absolute Gasteiger partial charge is 0.233 e. The highest BCUT2D eigenvalue weighted by molar-refractivity contribution is 7.92. The number of benzene rings is 1. The summed E-state index contributed by atoms with van der Waals surface area (Å²) in [7, 11) is -3.22. The largest absolute Gasteiger partial charge is 0.346 e. The molecule has 1 heterocycles. The van der Waals surface area contributed by atoms with Crippen molar-refractivity contribution < 1.29 is 8.42 Å². The lowest BCUT2D eigenvalue weighted by Gasteiger charge is -2.34. The first-order valence-corrected chi connectivity index (χ1v) is 7.40. The van der Waals surface area contributed by atoms with E-state index in [0.717, 1.165) is 11.4 Å². The average Bonchev–Trinajstić information content (AvgIpc) is 2.55. The minimum Gasteiger partial charge on any atom is -0.346 e. The second-order valence-electron chi connectivity index (χ2n) is 5.34. The summed E-state index contributed by atoms with van der Waals surface area (Å²) in [4.78, 5) is 2.10. The molecule has 0 radical (unpaired) electrons. The van der Waals surface area contributed by atoms with Crippen LogP contribution in [0.1, 0.15) is 20.8 Å². The maximum absolute atomic E-state index is 11.8. The van der Waals surface area contributed by atoms with Gasteiger partial charge in [-0.25, -0.2) is 12.7 Å². The van der Waals surface area contributed by atoms with Crippen LogP contribution in [0.25, 0.3) is 0 Å². The second kappa shape index (κ2) is 3.63. The molecule has 0 saturated heterocycles. The van der Waals surface area contributed by atoms with Crippen molar-refractivity contribution in [2.75, 3.05) is 22.1 Å². The molecule has 1 aliphatic rings. The van der Waals surface area contributed by atoms with Gasteiger partial charge in [-0.2, -0.15) is 0 Å². The molecule has 4 nitrogen and oxygen atoms in total. The van der Waals surface area contributed by atoms with Crippen LogP contribution < -0.4 is 9.21 Å². The molecular weight excluding hydrogens is 236 g/mol. The highest BCUT2D eigenvalue weighted by Gasteiger charge is 2.36. The standard InChI is InChI=1S/C12H18N2O2S/c1-12(2,3)13-9-14(17(4,15)16)11-8-6-5-7-10(11)13/h5-8H,9H2,1-4H3. The SMILES string of the molecule is CC(C)(C)N1CN(S(C)(=O)=O)c2ccccc21. The van der Waals surface area contributed by atoms with Gasteiger partial charge in [-0.05, 0) is 32.9 Å². The summed E-state index contributed by atoms with van der Waals surface area (Å²) in [6, 6.07) is 7.61. The topological polar surface area (TPSA) is 40.6 Å². The van der Waals surface area contributed by atoms with Gasteiger partial charge in [0.05, 0.1) is 17.6 Å². The van der Waals surface area contributed by atoms with Gasteiger partial charge in [0, 0.05) is 5.54 Å². The number of fused-ring (bicyclic) bond motifs is 1.